The number of nitrogens with zero attached hydrogens (tertiary/aromatic N) is 2. The Labute approximate surface area is 103 Å². The second-order valence-corrected chi connectivity index (χ2v) is 3.93. The van der Waals surface area contributed by atoms with Crippen LogP contribution in [-0.4, -0.2) is 15.8 Å². The number of benzene rings is 1. The Morgan fingerprint density at radius 3 is 1.94 bits per heavy atom. The Balaban J connectivity index is 3.52. The third kappa shape index (κ3) is 2.97. The molecule has 0 saturated heterocycles. The first-order valence-electron chi connectivity index (χ1n) is 4.23. The van der Waals surface area contributed by atoms with E-state index in [4.69, 9.17) is 0 Å². The van der Waals surface area contributed by atoms with Crippen LogP contribution < -0.4 is 5.32 Å². The van der Waals surface area contributed by atoms with Crippen molar-refractivity contribution in [2.75, 3.05) is 5.32 Å². The van der Waals surface area contributed by atoms with Gasteiger partial charge in [-0.2, -0.15) is 0 Å². The predicted molar refractivity (Wildman–Crippen MR) is 61.8 cm³/mol. The van der Waals surface area contributed by atoms with E-state index in [1.807, 2.05) is 0 Å². The maximum atomic E-state index is 10.9. The molecule has 8 nitrogen and oxygen atoms in total. The number of carbonyl (C=O) groups excluding carboxylic acids is 1. The number of amides is 1. The van der Waals surface area contributed by atoms with E-state index in [2.05, 4.69) is 21.2 Å². The summed E-state index contributed by atoms with van der Waals surface area (Å²) < 4.78 is 0.185. The molecule has 0 spiro atoms. The zero-order valence-electron chi connectivity index (χ0n) is 8.47. The van der Waals surface area contributed by atoms with Gasteiger partial charge in [0, 0.05) is 23.5 Å². The Morgan fingerprint density at radius 1 is 1.24 bits per heavy atom. The molecule has 0 aliphatic heterocycles. The minimum absolute atomic E-state index is 0.185. The van der Waals surface area contributed by atoms with E-state index in [1.54, 1.807) is 0 Å². The van der Waals surface area contributed by atoms with Gasteiger partial charge in [0.2, 0.25) is 5.91 Å². The third-order valence-electron chi connectivity index (χ3n) is 1.76. The van der Waals surface area contributed by atoms with Crippen LogP contribution in [0.4, 0.5) is 17.1 Å². The lowest BCUT2D eigenvalue weighted by Gasteiger charge is -2.05. The maximum absolute atomic E-state index is 10.9. The lowest BCUT2D eigenvalue weighted by Crippen LogP contribution is -2.10. The van der Waals surface area contributed by atoms with Gasteiger partial charge in [0.05, 0.1) is 9.85 Å². The van der Waals surface area contributed by atoms with Crippen LogP contribution in [0.15, 0.2) is 16.6 Å². The van der Waals surface area contributed by atoms with E-state index in [0.29, 0.717) is 0 Å². The summed E-state index contributed by atoms with van der Waals surface area (Å²) in [6, 6.07) is 2.16. The highest BCUT2D eigenvalue weighted by atomic mass is 79.9. The van der Waals surface area contributed by atoms with Crippen molar-refractivity contribution in [1.29, 1.82) is 0 Å². The van der Waals surface area contributed by atoms with Crippen molar-refractivity contribution in [3.63, 3.8) is 0 Å². The average Bonchev–Trinajstić information content (AvgIpc) is 2.18. The molecule has 0 aliphatic carbocycles. The van der Waals surface area contributed by atoms with Crippen LogP contribution in [0.1, 0.15) is 6.92 Å². The maximum Gasteiger partial charge on any atom is 0.301 e. The van der Waals surface area contributed by atoms with Crippen molar-refractivity contribution in [2.24, 2.45) is 0 Å². The first-order valence-corrected chi connectivity index (χ1v) is 5.02. The van der Waals surface area contributed by atoms with Gasteiger partial charge in [0.15, 0.2) is 5.69 Å². The number of rotatable bonds is 3. The standard InChI is InChI=1S/C8H6BrN3O5/c1-4(13)10-8-6(11(14)15)2-5(9)3-7(8)12(16)17/h2-3H,1H3,(H,10,13). The fraction of sp³-hybridized carbons (Fsp3) is 0.125. The molecule has 0 bridgehead atoms. The second kappa shape index (κ2) is 4.87. The van der Waals surface area contributed by atoms with Crippen molar-refractivity contribution < 1.29 is 14.6 Å². The Hall–Kier alpha value is -2.03. The highest BCUT2D eigenvalue weighted by Crippen LogP contribution is 2.37. The summed E-state index contributed by atoms with van der Waals surface area (Å²) in [4.78, 5) is 30.8. The topological polar surface area (TPSA) is 115 Å². The van der Waals surface area contributed by atoms with Crippen LogP contribution in [0.25, 0.3) is 0 Å². The van der Waals surface area contributed by atoms with Crippen LogP contribution in [0.5, 0.6) is 0 Å². The molecular weight excluding hydrogens is 298 g/mol. The number of nitrogens with one attached hydrogen (secondary N) is 1. The minimum Gasteiger partial charge on any atom is -0.315 e. The number of halogens is 1. The van der Waals surface area contributed by atoms with Gasteiger partial charge in [-0.1, -0.05) is 15.9 Å². The summed E-state index contributed by atoms with van der Waals surface area (Å²) >= 11 is 2.93. The molecule has 90 valence electrons. The zero-order valence-corrected chi connectivity index (χ0v) is 10.1. The Bertz CT molecular complexity index is 481. The smallest absolute Gasteiger partial charge is 0.301 e. The first kappa shape index (κ1) is 13.0. The molecule has 0 unspecified atom stereocenters. The number of nitro groups is 2. The monoisotopic (exact) mass is 303 g/mol. The van der Waals surface area contributed by atoms with Gasteiger partial charge >= 0.3 is 11.4 Å². The third-order valence-corrected chi connectivity index (χ3v) is 2.21. The molecule has 0 aliphatic rings. The van der Waals surface area contributed by atoms with Crippen LogP contribution >= 0.6 is 15.9 Å². The van der Waals surface area contributed by atoms with E-state index in [0.717, 1.165) is 19.1 Å². The predicted octanol–water partition coefficient (Wildman–Crippen LogP) is 2.22. The van der Waals surface area contributed by atoms with Crippen molar-refractivity contribution in [3.8, 4) is 0 Å². The van der Waals surface area contributed by atoms with E-state index < -0.39 is 32.8 Å². The van der Waals surface area contributed by atoms with Gasteiger partial charge in [0.1, 0.15) is 0 Å². The van der Waals surface area contributed by atoms with Crippen molar-refractivity contribution >= 4 is 38.9 Å². The first-order chi connectivity index (χ1) is 7.82. The summed E-state index contributed by atoms with van der Waals surface area (Å²) in [5.41, 5.74) is -1.50. The number of hydrogen-bond donors (Lipinski definition) is 1. The molecule has 0 atom stereocenters. The molecule has 0 radical (unpaired) electrons. The van der Waals surface area contributed by atoms with Crippen molar-refractivity contribution in [2.45, 2.75) is 6.92 Å². The Morgan fingerprint density at radius 2 is 1.65 bits per heavy atom. The molecule has 0 fully saturated rings. The van der Waals surface area contributed by atoms with Gasteiger partial charge in [-0.25, -0.2) is 0 Å². The molecule has 1 rings (SSSR count). The van der Waals surface area contributed by atoms with Gasteiger partial charge in [0.25, 0.3) is 0 Å². The van der Waals surface area contributed by atoms with Gasteiger partial charge in [-0.05, 0) is 0 Å². The molecule has 1 aromatic rings. The zero-order chi connectivity index (χ0) is 13.2. The van der Waals surface area contributed by atoms with E-state index >= 15 is 0 Å². The summed E-state index contributed by atoms with van der Waals surface area (Å²) in [5.74, 6) is -0.626. The van der Waals surface area contributed by atoms with E-state index in [9.17, 15) is 25.0 Å². The van der Waals surface area contributed by atoms with E-state index in [-0.39, 0.29) is 4.47 Å². The van der Waals surface area contributed by atoms with Crippen LogP contribution in [-0.2, 0) is 4.79 Å². The molecule has 0 saturated carbocycles. The lowest BCUT2D eigenvalue weighted by atomic mass is 10.2. The van der Waals surface area contributed by atoms with Crippen molar-refractivity contribution in [3.05, 3.63) is 36.8 Å². The minimum atomic E-state index is -0.803. The normalized spacial score (nSPS) is 9.76. The summed E-state index contributed by atoms with van der Waals surface area (Å²) in [6.45, 7) is 1.11. The van der Waals surface area contributed by atoms with E-state index in [1.165, 1.54) is 0 Å². The molecule has 1 amide bonds. The molecule has 9 heteroatoms. The molecule has 0 aromatic heterocycles. The summed E-state index contributed by atoms with van der Waals surface area (Å²) in [5, 5.41) is 23.6. The lowest BCUT2D eigenvalue weighted by molar-refractivity contribution is -0.392. The average molecular weight is 304 g/mol. The number of hydrogen-bond acceptors (Lipinski definition) is 5. The quantitative estimate of drug-likeness (QED) is 0.679. The highest BCUT2D eigenvalue weighted by molar-refractivity contribution is 9.10. The van der Waals surface area contributed by atoms with Gasteiger partial charge in [-0.15, -0.1) is 0 Å². The largest absolute Gasteiger partial charge is 0.315 e. The van der Waals surface area contributed by atoms with Gasteiger partial charge < -0.3 is 5.32 Å². The van der Waals surface area contributed by atoms with Crippen LogP contribution in [0.2, 0.25) is 0 Å². The number of nitro benzene ring substituents is 2. The molecule has 1 N–H and O–H groups in total. The molecular formula is C8H6BrN3O5. The number of carbonyl (C=O) groups is 1. The molecule has 17 heavy (non-hydrogen) atoms. The van der Waals surface area contributed by atoms with Crippen LogP contribution in [0.3, 0.4) is 0 Å². The summed E-state index contributed by atoms with van der Waals surface area (Å²) in [6.07, 6.45) is 0. The van der Waals surface area contributed by atoms with Crippen molar-refractivity contribution in [1.82, 2.24) is 0 Å². The molecule has 1 aromatic carbocycles. The SMILES string of the molecule is CC(=O)Nc1c([N+](=O)[O-])cc(Br)cc1[N+](=O)[O-]. The second-order valence-electron chi connectivity index (χ2n) is 3.01. The fourth-order valence-electron chi connectivity index (χ4n) is 1.17. The summed E-state index contributed by atoms with van der Waals surface area (Å²) in [7, 11) is 0. The Kier molecular flexibility index (Phi) is 3.73. The fourth-order valence-corrected chi connectivity index (χ4v) is 1.60. The van der Waals surface area contributed by atoms with Gasteiger partial charge in [-0.3, -0.25) is 25.0 Å². The number of anilines is 1. The van der Waals surface area contributed by atoms with Crippen LogP contribution in [0, 0.1) is 20.2 Å². The highest BCUT2D eigenvalue weighted by Gasteiger charge is 2.27. The molecule has 0 heterocycles.